The minimum atomic E-state index is 0.887. The molecule has 0 aliphatic heterocycles. The van der Waals surface area contributed by atoms with Gasteiger partial charge in [-0.05, 0) is 38.7 Å². The summed E-state index contributed by atoms with van der Waals surface area (Å²) < 4.78 is 0. The molecule has 0 aliphatic carbocycles. The van der Waals surface area contributed by atoms with Gasteiger partial charge in [-0.15, -0.1) is 0 Å². The van der Waals surface area contributed by atoms with E-state index >= 15 is 0 Å². The summed E-state index contributed by atoms with van der Waals surface area (Å²) in [5.41, 5.74) is 1.15. The highest BCUT2D eigenvalue weighted by Crippen LogP contribution is 1.92. The minimum Gasteiger partial charge on any atom is -0.311 e. The van der Waals surface area contributed by atoms with Gasteiger partial charge in [0.25, 0.3) is 0 Å². The predicted molar refractivity (Wildman–Crippen MR) is 62.7 cm³/mol. The van der Waals surface area contributed by atoms with E-state index in [0.717, 1.165) is 31.9 Å². The monoisotopic (exact) mass is 210 g/mol. The smallest absolute Gasteiger partial charge is 0.0490 e. The van der Waals surface area contributed by atoms with Gasteiger partial charge < -0.3 is 10.2 Å². The lowest BCUT2D eigenvalue weighted by molar-refractivity contribution is 0.298. The second kappa shape index (κ2) is 7.43. The molecule has 4 heteroatoms. The zero-order valence-electron chi connectivity index (χ0n) is 9.79. The van der Waals surface area contributed by atoms with Crippen LogP contribution in [-0.2, 0) is 6.54 Å². The third-order valence-corrected chi connectivity index (χ3v) is 2.60. The van der Waals surface area contributed by atoms with Crippen molar-refractivity contribution in [3.63, 3.8) is 0 Å². The van der Waals surface area contributed by atoms with Crippen LogP contribution in [0.1, 0.15) is 26.0 Å². The molecule has 0 amide bonds. The first-order valence-corrected chi connectivity index (χ1v) is 5.78. The number of H-pyrrole nitrogens is 1. The van der Waals surface area contributed by atoms with Crippen LogP contribution >= 0.6 is 0 Å². The molecule has 86 valence electrons. The fraction of sp³-hybridized carbons (Fsp3) is 0.727. The van der Waals surface area contributed by atoms with Crippen LogP contribution in [0.4, 0.5) is 0 Å². The molecule has 0 aliphatic rings. The van der Waals surface area contributed by atoms with E-state index in [-0.39, 0.29) is 0 Å². The highest BCUT2D eigenvalue weighted by atomic mass is 15.1. The normalized spacial score (nSPS) is 11.1. The number of nitrogens with zero attached hydrogens (tertiary/aromatic N) is 2. The van der Waals surface area contributed by atoms with E-state index in [1.807, 2.05) is 6.07 Å². The van der Waals surface area contributed by atoms with Gasteiger partial charge in [0, 0.05) is 18.4 Å². The summed E-state index contributed by atoms with van der Waals surface area (Å²) in [6.07, 6.45) is 2.99. The van der Waals surface area contributed by atoms with E-state index in [4.69, 9.17) is 0 Å². The van der Waals surface area contributed by atoms with Crippen molar-refractivity contribution in [2.24, 2.45) is 0 Å². The Kier molecular flexibility index (Phi) is 6.04. The van der Waals surface area contributed by atoms with Crippen molar-refractivity contribution in [3.05, 3.63) is 18.0 Å². The summed E-state index contributed by atoms with van der Waals surface area (Å²) in [5, 5.41) is 10.2. The maximum atomic E-state index is 3.90. The quantitative estimate of drug-likeness (QED) is 0.634. The molecule has 0 unspecified atom stereocenters. The zero-order chi connectivity index (χ0) is 10.9. The summed E-state index contributed by atoms with van der Waals surface area (Å²) in [4.78, 5) is 2.44. The maximum Gasteiger partial charge on any atom is 0.0490 e. The van der Waals surface area contributed by atoms with Gasteiger partial charge in [-0.3, -0.25) is 5.10 Å². The molecular formula is C11H22N4. The lowest BCUT2D eigenvalue weighted by Gasteiger charge is -2.17. The van der Waals surface area contributed by atoms with Gasteiger partial charge in [-0.2, -0.15) is 5.10 Å². The van der Waals surface area contributed by atoms with Gasteiger partial charge in [0.15, 0.2) is 0 Å². The second-order valence-electron chi connectivity index (χ2n) is 3.64. The second-order valence-corrected chi connectivity index (χ2v) is 3.64. The molecule has 1 aromatic rings. The Balaban J connectivity index is 1.97. The van der Waals surface area contributed by atoms with E-state index in [1.54, 1.807) is 6.20 Å². The van der Waals surface area contributed by atoms with E-state index in [1.165, 1.54) is 13.0 Å². The van der Waals surface area contributed by atoms with Gasteiger partial charge in [0.2, 0.25) is 0 Å². The lowest BCUT2D eigenvalue weighted by Crippen LogP contribution is -2.27. The van der Waals surface area contributed by atoms with Crippen molar-refractivity contribution in [2.45, 2.75) is 26.8 Å². The van der Waals surface area contributed by atoms with Gasteiger partial charge in [0.05, 0.1) is 0 Å². The third kappa shape index (κ3) is 4.95. The molecular weight excluding hydrogens is 188 g/mol. The number of hydrogen-bond donors (Lipinski definition) is 2. The summed E-state index contributed by atoms with van der Waals surface area (Å²) in [6.45, 7) is 9.86. The van der Waals surface area contributed by atoms with Crippen molar-refractivity contribution >= 4 is 0 Å². The Morgan fingerprint density at radius 3 is 2.80 bits per heavy atom. The van der Waals surface area contributed by atoms with Crippen LogP contribution in [0.15, 0.2) is 12.3 Å². The van der Waals surface area contributed by atoms with Crippen molar-refractivity contribution in [1.82, 2.24) is 20.4 Å². The average Bonchev–Trinajstić information content (AvgIpc) is 2.76. The Morgan fingerprint density at radius 1 is 1.40 bits per heavy atom. The van der Waals surface area contributed by atoms with Crippen molar-refractivity contribution < 1.29 is 0 Å². The Bertz CT molecular complexity index is 229. The fourth-order valence-electron chi connectivity index (χ4n) is 1.57. The first kappa shape index (κ1) is 12.2. The largest absolute Gasteiger partial charge is 0.311 e. The summed E-state index contributed by atoms with van der Waals surface area (Å²) >= 11 is 0. The Hall–Kier alpha value is -0.870. The van der Waals surface area contributed by atoms with Crippen LogP contribution in [-0.4, -0.2) is 41.3 Å². The first-order valence-electron chi connectivity index (χ1n) is 5.78. The van der Waals surface area contributed by atoms with Crippen LogP contribution in [0.25, 0.3) is 0 Å². The minimum absolute atomic E-state index is 0.887. The maximum absolute atomic E-state index is 3.90. The number of aromatic nitrogens is 2. The number of hydrogen-bond acceptors (Lipinski definition) is 3. The molecule has 0 fully saturated rings. The average molecular weight is 210 g/mol. The SMILES string of the molecule is CCN(CC)CCCNCc1ccn[nH]1. The molecule has 0 spiro atoms. The van der Waals surface area contributed by atoms with Crippen LogP contribution in [0.5, 0.6) is 0 Å². The van der Waals surface area contributed by atoms with Gasteiger partial charge in [-0.25, -0.2) is 0 Å². The molecule has 0 aromatic carbocycles. The van der Waals surface area contributed by atoms with Crippen LogP contribution < -0.4 is 5.32 Å². The number of aromatic amines is 1. The summed E-state index contributed by atoms with van der Waals surface area (Å²) in [5.74, 6) is 0. The van der Waals surface area contributed by atoms with Crippen molar-refractivity contribution in [1.29, 1.82) is 0 Å². The highest BCUT2D eigenvalue weighted by Gasteiger charge is 1.98. The molecule has 1 rings (SSSR count). The third-order valence-electron chi connectivity index (χ3n) is 2.60. The van der Waals surface area contributed by atoms with Crippen LogP contribution in [0.3, 0.4) is 0 Å². The van der Waals surface area contributed by atoms with Crippen molar-refractivity contribution in [2.75, 3.05) is 26.2 Å². The van der Waals surface area contributed by atoms with E-state index in [9.17, 15) is 0 Å². The highest BCUT2D eigenvalue weighted by molar-refractivity contribution is 4.96. The topological polar surface area (TPSA) is 44.0 Å². The molecule has 0 saturated heterocycles. The Labute approximate surface area is 92.1 Å². The predicted octanol–water partition coefficient (Wildman–Crippen LogP) is 1.23. The standard InChI is InChI=1S/C11H22N4/c1-3-15(4-2)9-5-7-12-10-11-6-8-13-14-11/h6,8,12H,3-5,7,9-10H2,1-2H3,(H,13,14). The number of nitrogens with one attached hydrogen (secondary N) is 2. The van der Waals surface area contributed by atoms with Gasteiger partial charge in [-0.1, -0.05) is 13.8 Å². The molecule has 1 aromatic heterocycles. The van der Waals surface area contributed by atoms with E-state index < -0.39 is 0 Å². The lowest BCUT2D eigenvalue weighted by atomic mass is 10.3. The summed E-state index contributed by atoms with van der Waals surface area (Å²) in [6, 6.07) is 2.00. The van der Waals surface area contributed by atoms with Crippen LogP contribution in [0.2, 0.25) is 0 Å². The Morgan fingerprint density at radius 2 is 2.20 bits per heavy atom. The first-order chi connectivity index (χ1) is 7.36. The molecule has 2 N–H and O–H groups in total. The zero-order valence-corrected chi connectivity index (χ0v) is 9.79. The van der Waals surface area contributed by atoms with Crippen LogP contribution in [0, 0.1) is 0 Å². The fourth-order valence-corrected chi connectivity index (χ4v) is 1.57. The molecule has 0 atom stereocenters. The molecule has 1 heterocycles. The van der Waals surface area contributed by atoms with E-state index in [0.29, 0.717) is 0 Å². The van der Waals surface area contributed by atoms with Crippen molar-refractivity contribution in [3.8, 4) is 0 Å². The van der Waals surface area contributed by atoms with Gasteiger partial charge in [0.1, 0.15) is 0 Å². The van der Waals surface area contributed by atoms with Gasteiger partial charge >= 0.3 is 0 Å². The molecule has 0 radical (unpaired) electrons. The molecule has 4 nitrogen and oxygen atoms in total. The van der Waals surface area contributed by atoms with E-state index in [2.05, 4.69) is 34.3 Å². The summed E-state index contributed by atoms with van der Waals surface area (Å²) in [7, 11) is 0. The molecule has 0 saturated carbocycles. The molecule has 15 heavy (non-hydrogen) atoms. The molecule has 0 bridgehead atoms. The number of rotatable bonds is 8.